The van der Waals surface area contributed by atoms with Gasteiger partial charge in [0.1, 0.15) is 0 Å². The molecule has 0 aliphatic carbocycles. The number of rotatable bonds is 5. The number of anilines is 1. The Kier molecular flexibility index (Phi) is 4.95. The molecule has 0 aromatic carbocycles. The van der Waals surface area contributed by atoms with Crippen molar-refractivity contribution >= 4 is 17.7 Å². The van der Waals surface area contributed by atoms with E-state index in [1.54, 1.807) is 10.8 Å². The summed E-state index contributed by atoms with van der Waals surface area (Å²) in [5.74, 6) is 0.0525. The summed E-state index contributed by atoms with van der Waals surface area (Å²) in [7, 11) is 4.78. The van der Waals surface area contributed by atoms with Gasteiger partial charge in [-0.3, -0.25) is 9.48 Å². The normalized spacial score (nSPS) is 10.8. The highest BCUT2D eigenvalue weighted by Gasteiger charge is 2.11. The average Bonchev–Trinajstić information content (AvgIpc) is 2.79. The van der Waals surface area contributed by atoms with Gasteiger partial charge in [-0.15, -0.1) is 0 Å². The van der Waals surface area contributed by atoms with Crippen LogP contribution in [0, 0.1) is 13.8 Å². The van der Waals surface area contributed by atoms with Gasteiger partial charge in [0.05, 0.1) is 36.9 Å². The highest BCUT2D eigenvalue weighted by molar-refractivity contribution is 6.02. The van der Waals surface area contributed by atoms with Crippen LogP contribution >= 0.6 is 0 Å². The topological polar surface area (TPSA) is 91.2 Å². The number of ether oxygens (including phenoxy) is 2. The Labute approximate surface area is 134 Å². The zero-order valence-electron chi connectivity index (χ0n) is 13.7. The molecule has 1 amide bonds. The summed E-state index contributed by atoms with van der Waals surface area (Å²) in [5, 5.41) is 7.07. The molecule has 1 N–H and O–H groups in total. The number of methoxy groups -OCH3 is 2. The molecule has 0 saturated carbocycles. The van der Waals surface area contributed by atoms with Crippen molar-refractivity contribution in [3.8, 4) is 11.9 Å². The Morgan fingerprint density at radius 1 is 1.30 bits per heavy atom. The van der Waals surface area contributed by atoms with Crippen LogP contribution in [0.3, 0.4) is 0 Å². The zero-order valence-corrected chi connectivity index (χ0v) is 13.7. The average molecular weight is 317 g/mol. The lowest BCUT2D eigenvalue weighted by Crippen LogP contribution is -2.09. The Hall–Kier alpha value is -2.90. The molecule has 0 bridgehead atoms. The number of hydrogen-bond acceptors (Lipinski definition) is 6. The molecule has 2 aromatic rings. The molecule has 0 fully saturated rings. The first-order chi connectivity index (χ1) is 11.0. The maximum absolute atomic E-state index is 12.1. The SMILES string of the molecule is COc1ncc(/C=C/C(=O)Nc2c(C)nn(C)c2C)c(OC)n1. The van der Waals surface area contributed by atoms with Crippen LogP contribution in [0.15, 0.2) is 12.3 Å². The summed E-state index contributed by atoms with van der Waals surface area (Å²) in [5.41, 5.74) is 2.93. The van der Waals surface area contributed by atoms with E-state index in [1.165, 1.54) is 26.5 Å². The summed E-state index contributed by atoms with van der Waals surface area (Å²) in [6.45, 7) is 3.73. The lowest BCUT2D eigenvalue weighted by Gasteiger charge is -2.05. The van der Waals surface area contributed by atoms with E-state index in [4.69, 9.17) is 9.47 Å². The fraction of sp³-hybridized carbons (Fsp3) is 0.333. The van der Waals surface area contributed by atoms with E-state index in [1.807, 2.05) is 20.9 Å². The van der Waals surface area contributed by atoms with Crippen LogP contribution < -0.4 is 14.8 Å². The van der Waals surface area contributed by atoms with Gasteiger partial charge in [-0.1, -0.05) is 0 Å². The van der Waals surface area contributed by atoms with E-state index in [0.29, 0.717) is 17.1 Å². The van der Waals surface area contributed by atoms with E-state index < -0.39 is 0 Å². The molecule has 8 nitrogen and oxygen atoms in total. The van der Waals surface area contributed by atoms with E-state index in [2.05, 4.69) is 20.4 Å². The molecule has 122 valence electrons. The molecule has 23 heavy (non-hydrogen) atoms. The van der Waals surface area contributed by atoms with E-state index in [-0.39, 0.29) is 11.9 Å². The number of carbonyl (C=O) groups is 1. The molecule has 0 aliphatic heterocycles. The van der Waals surface area contributed by atoms with Gasteiger partial charge in [0.25, 0.3) is 0 Å². The molecule has 0 unspecified atom stereocenters. The van der Waals surface area contributed by atoms with Crippen LogP contribution in [0.2, 0.25) is 0 Å². The Balaban J connectivity index is 2.15. The number of aryl methyl sites for hydroxylation is 2. The van der Waals surface area contributed by atoms with Gasteiger partial charge >= 0.3 is 6.01 Å². The fourth-order valence-electron chi connectivity index (χ4n) is 2.02. The summed E-state index contributed by atoms with van der Waals surface area (Å²) < 4.78 is 11.8. The van der Waals surface area contributed by atoms with Crippen LogP contribution in [0.5, 0.6) is 11.9 Å². The van der Waals surface area contributed by atoms with Crippen LogP contribution in [-0.4, -0.2) is 39.9 Å². The molecule has 2 aromatic heterocycles. The minimum Gasteiger partial charge on any atom is -0.480 e. The first-order valence-electron chi connectivity index (χ1n) is 6.90. The largest absolute Gasteiger partial charge is 0.480 e. The van der Waals surface area contributed by atoms with Gasteiger partial charge in [-0.2, -0.15) is 10.1 Å². The van der Waals surface area contributed by atoms with Crippen LogP contribution in [0.1, 0.15) is 17.0 Å². The quantitative estimate of drug-likeness (QED) is 0.840. The molecule has 2 rings (SSSR count). The van der Waals surface area contributed by atoms with Gasteiger partial charge < -0.3 is 14.8 Å². The third-order valence-corrected chi connectivity index (χ3v) is 3.31. The predicted molar refractivity (Wildman–Crippen MR) is 85.5 cm³/mol. The molecule has 0 atom stereocenters. The summed E-state index contributed by atoms with van der Waals surface area (Å²) >= 11 is 0. The number of aromatic nitrogens is 4. The van der Waals surface area contributed by atoms with Crippen molar-refractivity contribution < 1.29 is 14.3 Å². The molecular formula is C15H19N5O3. The van der Waals surface area contributed by atoms with Crippen molar-refractivity contribution in [2.75, 3.05) is 19.5 Å². The predicted octanol–water partition coefficient (Wildman–Crippen LogP) is 1.50. The van der Waals surface area contributed by atoms with Gasteiger partial charge in [-0.05, 0) is 19.9 Å². The number of carbonyl (C=O) groups excluding carboxylic acids is 1. The lowest BCUT2D eigenvalue weighted by molar-refractivity contribution is -0.111. The molecule has 8 heteroatoms. The summed E-state index contributed by atoms with van der Waals surface area (Å²) in [6.07, 6.45) is 4.49. The Morgan fingerprint density at radius 3 is 2.61 bits per heavy atom. The van der Waals surface area contributed by atoms with Crippen molar-refractivity contribution in [3.63, 3.8) is 0 Å². The monoisotopic (exact) mass is 317 g/mol. The van der Waals surface area contributed by atoms with Crippen molar-refractivity contribution in [2.24, 2.45) is 7.05 Å². The summed E-state index contributed by atoms with van der Waals surface area (Å²) in [4.78, 5) is 20.1. The van der Waals surface area contributed by atoms with Gasteiger partial charge in [0.2, 0.25) is 11.8 Å². The summed E-state index contributed by atoms with van der Waals surface area (Å²) in [6, 6.07) is 0.199. The molecular weight excluding hydrogens is 298 g/mol. The smallest absolute Gasteiger partial charge is 0.319 e. The highest BCUT2D eigenvalue weighted by atomic mass is 16.5. The Morgan fingerprint density at radius 2 is 2.04 bits per heavy atom. The minimum absolute atomic E-state index is 0.199. The number of nitrogens with one attached hydrogen (secondary N) is 1. The molecule has 0 saturated heterocycles. The van der Waals surface area contributed by atoms with Crippen molar-refractivity contribution in [1.82, 2.24) is 19.7 Å². The third-order valence-electron chi connectivity index (χ3n) is 3.31. The molecule has 0 aliphatic rings. The number of amides is 1. The van der Waals surface area contributed by atoms with Gasteiger partial charge in [0, 0.05) is 19.3 Å². The first-order valence-corrected chi connectivity index (χ1v) is 6.90. The fourth-order valence-corrected chi connectivity index (χ4v) is 2.02. The molecule has 0 radical (unpaired) electrons. The van der Waals surface area contributed by atoms with E-state index >= 15 is 0 Å². The van der Waals surface area contributed by atoms with Crippen LogP contribution in [0.25, 0.3) is 6.08 Å². The minimum atomic E-state index is -0.276. The first kappa shape index (κ1) is 16.5. The maximum Gasteiger partial charge on any atom is 0.319 e. The number of nitrogens with zero attached hydrogens (tertiary/aromatic N) is 4. The van der Waals surface area contributed by atoms with Gasteiger partial charge in [-0.25, -0.2) is 4.98 Å². The van der Waals surface area contributed by atoms with Crippen molar-refractivity contribution in [2.45, 2.75) is 13.8 Å². The third kappa shape index (κ3) is 3.65. The van der Waals surface area contributed by atoms with Crippen molar-refractivity contribution in [3.05, 3.63) is 29.2 Å². The zero-order chi connectivity index (χ0) is 17.0. The molecule has 2 heterocycles. The lowest BCUT2D eigenvalue weighted by atomic mass is 10.2. The van der Waals surface area contributed by atoms with Crippen molar-refractivity contribution in [1.29, 1.82) is 0 Å². The molecule has 0 spiro atoms. The van der Waals surface area contributed by atoms with E-state index in [9.17, 15) is 4.79 Å². The second-order valence-electron chi connectivity index (χ2n) is 4.81. The van der Waals surface area contributed by atoms with Crippen LogP contribution in [0.4, 0.5) is 5.69 Å². The van der Waals surface area contributed by atoms with Gasteiger partial charge in [0.15, 0.2) is 0 Å². The Bertz CT molecular complexity index is 752. The number of hydrogen-bond donors (Lipinski definition) is 1. The standard InChI is InChI=1S/C15H19N5O3/c1-9-13(10(2)20(3)19-9)17-12(21)7-6-11-8-16-15(23-5)18-14(11)22-4/h6-8H,1-5H3,(H,17,21)/b7-6+. The second kappa shape index (κ2) is 6.91. The van der Waals surface area contributed by atoms with E-state index in [0.717, 1.165) is 11.4 Å². The second-order valence-corrected chi connectivity index (χ2v) is 4.81. The maximum atomic E-state index is 12.1. The van der Waals surface area contributed by atoms with Crippen LogP contribution in [-0.2, 0) is 11.8 Å². The highest BCUT2D eigenvalue weighted by Crippen LogP contribution is 2.20.